The molecule has 1 atom stereocenters. The molecule has 0 saturated carbocycles. The molecule has 1 unspecified atom stereocenters. The number of nitrogens with zero attached hydrogens (tertiary/aromatic N) is 4. The Bertz CT molecular complexity index is 496. The van der Waals surface area contributed by atoms with Crippen molar-refractivity contribution in [1.82, 2.24) is 24.8 Å². The molecule has 0 aliphatic carbocycles. The third-order valence-corrected chi connectivity index (χ3v) is 2.83. The lowest BCUT2D eigenvalue weighted by atomic mass is 10.1. The molecule has 2 rings (SSSR count). The molecular weight excluding hydrogens is 232 g/mol. The van der Waals surface area contributed by atoms with Gasteiger partial charge in [0.15, 0.2) is 5.75 Å². The Balaban J connectivity index is 2.46. The first-order chi connectivity index (χ1) is 8.71. The average molecular weight is 250 g/mol. The molecule has 2 aromatic heterocycles. The minimum atomic E-state index is -0.247. The second kappa shape index (κ2) is 5.19. The number of rotatable bonds is 5. The lowest BCUT2D eigenvalue weighted by molar-refractivity contribution is 0.398. The van der Waals surface area contributed by atoms with E-state index < -0.39 is 0 Å². The van der Waals surface area contributed by atoms with Gasteiger partial charge >= 0.3 is 0 Å². The maximum Gasteiger partial charge on any atom is 0.162 e. The number of ether oxygens (including phenoxy) is 1. The first-order valence-corrected chi connectivity index (χ1v) is 5.74. The van der Waals surface area contributed by atoms with Crippen LogP contribution >= 0.6 is 0 Å². The highest BCUT2D eigenvalue weighted by Crippen LogP contribution is 2.28. The number of nitrogens with one attached hydrogen (secondary N) is 1. The van der Waals surface area contributed by atoms with E-state index in [0.717, 1.165) is 17.9 Å². The highest BCUT2D eigenvalue weighted by atomic mass is 16.5. The molecule has 2 heterocycles. The van der Waals surface area contributed by atoms with Gasteiger partial charge in [0.05, 0.1) is 25.3 Å². The normalized spacial score (nSPS) is 12.7. The van der Waals surface area contributed by atoms with Crippen molar-refractivity contribution in [1.29, 1.82) is 0 Å². The van der Waals surface area contributed by atoms with Gasteiger partial charge in [-0.1, -0.05) is 0 Å². The van der Waals surface area contributed by atoms with Crippen molar-refractivity contribution in [3.63, 3.8) is 0 Å². The molecule has 98 valence electrons. The first kappa shape index (κ1) is 12.6. The topological polar surface area (TPSA) is 82.9 Å². The number of nitrogens with two attached hydrogens (primary N) is 1. The van der Waals surface area contributed by atoms with Crippen LogP contribution in [0.2, 0.25) is 0 Å². The number of hydrogen-bond acceptors (Lipinski definition) is 5. The number of aryl methyl sites for hydroxylation is 2. The zero-order valence-electron chi connectivity index (χ0n) is 10.8. The minimum Gasteiger partial charge on any atom is -0.493 e. The summed E-state index contributed by atoms with van der Waals surface area (Å²) >= 11 is 0. The van der Waals surface area contributed by atoms with Crippen molar-refractivity contribution >= 4 is 0 Å². The lowest BCUT2D eigenvalue weighted by Crippen LogP contribution is -2.31. The molecule has 0 aliphatic rings. The largest absolute Gasteiger partial charge is 0.493 e. The maximum atomic E-state index is 5.66. The van der Waals surface area contributed by atoms with Gasteiger partial charge in [0.25, 0.3) is 0 Å². The third kappa shape index (κ3) is 2.09. The van der Waals surface area contributed by atoms with Crippen LogP contribution in [0, 0.1) is 0 Å². The van der Waals surface area contributed by atoms with Crippen LogP contribution < -0.4 is 16.0 Å². The fourth-order valence-electron chi connectivity index (χ4n) is 1.96. The van der Waals surface area contributed by atoms with Gasteiger partial charge in [0.1, 0.15) is 11.7 Å². The Morgan fingerprint density at radius 3 is 2.83 bits per heavy atom. The van der Waals surface area contributed by atoms with Crippen LogP contribution in [0.15, 0.2) is 18.7 Å². The number of hydrogen-bond donors (Lipinski definition) is 2. The molecule has 0 radical (unpaired) electrons. The highest BCUT2D eigenvalue weighted by molar-refractivity contribution is 5.33. The molecule has 2 aromatic rings. The average Bonchev–Trinajstić information content (AvgIpc) is 2.97. The smallest absolute Gasteiger partial charge is 0.162 e. The molecule has 0 spiro atoms. The van der Waals surface area contributed by atoms with Crippen molar-refractivity contribution < 1.29 is 4.74 Å². The van der Waals surface area contributed by atoms with E-state index in [9.17, 15) is 0 Å². The van der Waals surface area contributed by atoms with E-state index >= 15 is 0 Å². The van der Waals surface area contributed by atoms with E-state index in [1.165, 1.54) is 0 Å². The second-order valence-corrected chi connectivity index (χ2v) is 3.98. The van der Waals surface area contributed by atoms with Gasteiger partial charge in [-0.2, -0.15) is 5.10 Å². The number of imidazole rings is 1. The van der Waals surface area contributed by atoms with Crippen LogP contribution in [0.1, 0.15) is 24.4 Å². The van der Waals surface area contributed by atoms with E-state index in [4.69, 9.17) is 10.6 Å². The van der Waals surface area contributed by atoms with Gasteiger partial charge < -0.3 is 9.30 Å². The van der Waals surface area contributed by atoms with Gasteiger partial charge in [-0.15, -0.1) is 0 Å². The predicted molar refractivity (Wildman–Crippen MR) is 66.8 cm³/mol. The molecule has 0 amide bonds. The predicted octanol–water partition coefficient (Wildman–Crippen LogP) is 0.198. The monoisotopic (exact) mass is 250 g/mol. The molecule has 0 aliphatic heterocycles. The summed E-state index contributed by atoms with van der Waals surface area (Å²) < 4.78 is 9.04. The van der Waals surface area contributed by atoms with Gasteiger partial charge in [-0.3, -0.25) is 10.5 Å². The molecule has 7 heteroatoms. The Morgan fingerprint density at radius 2 is 2.33 bits per heavy atom. The number of methoxy groups -OCH3 is 1. The lowest BCUT2D eigenvalue weighted by Gasteiger charge is -2.16. The Labute approximate surface area is 106 Å². The first-order valence-electron chi connectivity index (χ1n) is 5.74. The molecule has 0 saturated heterocycles. The number of hydrazine groups is 1. The summed E-state index contributed by atoms with van der Waals surface area (Å²) in [6, 6.07) is -0.247. The van der Waals surface area contributed by atoms with Crippen LogP contribution in [0.4, 0.5) is 0 Å². The molecule has 7 nitrogen and oxygen atoms in total. The van der Waals surface area contributed by atoms with Crippen LogP contribution in [0.25, 0.3) is 0 Å². The highest BCUT2D eigenvalue weighted by Gasteiger charge is 2.23. The van der Waals surface area contributed by atoms with E-state index in [1.54, 1.807) is 19.6 Å². The van der Waals surface area contributed by atoms with Crippen molar-refractivity contribution in [2.45, 2.75) is 19.5 Å². The Kier molecular flexibility index (Phi) is 3.63. The molecule has 18 heavy (non-hydrogen) atoms. The molecule has 0 fully saturated rings. The van der Waals surface area contributed by atoms with Crippen molar-refractivity contribution in [2.24, 2.45) is 12.9 Å². The van der Waals surface area contributed by atoms with Crippen molar-refractivity contribution in [3.05, 3.63) is 30.1 Å². The standard InChI is InChI=1S/C11H18N6O/c1-4-17-11(9(18-3)5-14-17)10(15-12)8-6-16(2)7-13-8/h5-7,10,15H,4,12H2,1-3H3. The van der Waals surface area contributed by atoms with Crippen LogP contribution in [0.5, 0.6) is 5.75 Å². The summed E-state index contributed by atoms with van der Waals surface area (Å²) in [6.45, 7) is 2.76. The Hall–Kier alpha value is -1.86. The summed E-state index contributed by atoms with van der Waals surface area (Å²) in [5.74, 6) is 6.36. The van der Waals surface area contributed by atoms with Crippen molar-refractivity contribution in [3.8, 4) is 5.75 Å². The maximum absolute atomic E-state index is 5.66. The second-order valence-electron chi connectivity index (χ2n) is 3.98. The minimum absolute atomic E-state index is 0.247. The quantitative estimate of drug-likeness (QED) is 0.585. The van der Waals surface area contributed by atoms with Gasteiger partial charge in [0, 0.05) is 19.8 Å². The third-order valence-electron chi connectivity index (χ3n) is 2.83. The van der Waals surface area contributed by atoms with Gasteiger partial charge in [-0.05, 0) is 6.92 Å². The fraction of sp³-hybridized carbons (Fsp3) is 0.455. The summed E-state index contributed by atoms with van der Waals surface area (Å²) in [5, 5.41) is 4.27. The molecule has 0 bridgehead atoms. The fourth-order valence-corrected chi connectivity index (χ4v) is 1.96. The van der Waals surface area contributed by atoms with E-state index in [1.807, 2.05) is 29.4 Å². The van der Waals surface area contributed by atoms with Crippen LogP contribution in [-0.4, -0.2) is 26.4 Å². The van der Waals surface area contributed by atoms with E-state index in [2.05, 4.69) is 15.5 Å². The molecule has 3 N–H and O–H groups in total. The molecular formula is C11H18N6O. The summed E-state index contributed by atoms with van der Waals surface area (Å²) in [4.78, 5) is 4.32. The summed E-state index contributed by atoms with van der Waals surface area (Å²) in [5.41, 5.74) is 4.47. The molecule has 0 aromatic carbocycles. The zero-order valence-corrected chi connectivity index (χ0v) is 10.8. The van der Waals surface area contributed by atoms with Crippen LogP contribution in [-0.2, 0) is 13.6 Å². The van der Waals surface area contributed by atoms with Gasteiger partial charge in [-0.25, -0.2) is 10.4 Å². The SMILES string of the molecule is CCn1ncc(OC)c1C(NN)c1cn(C)cn1. The Morgan fingerprint density at radius 1 is 1.56 bits per heavy atom. The van der Waals surface area contributed by atoms with Gasteiger partial charge in [0.2, 0.25) is 0 Å². The van der Waals surface area contributed by atoms with E-state index in [0.29, 0.717) is 5.75 Å². The zero-order chi connectivity index (χ0) is 13.1. The number of aromatic nitrogens is 4. The van der Waals surface area contributed by atoms with Crippen LogP contribution in [0.3, 0.4) is 0 Å². The summed E-state index contributed by atoms with van der Waals surface area (Å²) in [6.07, 6.45) is 5.34. The summed E-state index contributed by atoms with van der Waals surface area (Å²) in [7, 11) is 3.53. The van der Waals surface area contributed by atoms with Crippen molar-refractivity contribution in [2.75, 3.05) is 7.11 Å². The van der Waals surface area contributed by atoms with E-state index in [-0.39, 0.29) is 6.04 Å².